The first-order valence-corrected chi connectivity index (χ1v) is 11.0. The van der Waals surface area contributed by atoms with Crippen molar-refractivity contribution in [3.05, 3.63) is 65.7 Å². The number of benzene rings is 2. The molecule has 0 aliphatic rings. The Balaban J connectivity index is 1.78. The number of hydrogen-bond acceptors (Lipinski definition) is 5. The van der Waals surface area contributed by atoms with E-state index in [9.17, 15) is 9.59 Å². The van der Waals surface area contributed by atoms with Gasteiger partial charge in [0.2, 0.25) is 0 Å². The summed E-state index contributed by atoms with van der Waals surface area (Å²) in [6.45, 7) is 5.38. The van der Waals surface area contributed by atoms with E-state index in [4.69, 9.17) is 14.2 Å². The molecule has 0 fully saturated rings. The summed E-state index contributed by atoms with van der Waals surface area (Å²) in [7, 11) is 0. The third kappa shape index (κ3) is 9.51. The third-order valence-corrected chi connectivity index (χ3v) is 4.60. The van der Waals surface area contributed by atoms with Crippen molar-refractivity contribution in [1.82, 2.24) is 0 Å². The summed E-state index contributed by atoms with van der Waals surface area (Å²) in [5.74, 6) is 0.409. The van der Waals surface area contributed by atoms with Gasteiger partial charge in [-0.2, -0.15) is 0 Å². The molecular weight excluding hydrogens is 392 g/mol. The van der Waals surface area contributed by atoms with Gasteiger partial charge < -0.3 is 14.2 Å². The maximum atomic E-state index is 12.0. The van der Waals surface area contributed by atoms with Gasteiger partial charge >= 0.3 is 11.9 Å². The van der Waals surface area contributed by atoms with Crippen LogP contribution >= 0.6 is 0 Å². The van der Waals surface area contributed by atoms with E-state index in [1.807, 2.05) is 0 Å². The Morgan fingerprint density at radius 3 is 2.03 bits per heavy atom. The average Bonchev–Trinajstić information content (AvgIpc) is 2.79. The van der Waals surface area contributed by atoms with Crippen LogP contribution in [0.1, 0.15) is 68.3 Å². The van der Waals surface area contributed by atoms with Gasteiger partial charge in [0.05, 0.1) is 18.8 Å². The number of carbonyl (C=O) groups excluding carboxylic acids is 2. The summed E-state index contributed by atoms with van der Waals surface area (Å²) in [5.41, 5.74) is 1.28. The number of unbranched alkanes of at least 4 members (excludes halogenated alkanes) is 4. The van der Waals surface area contributed by atoms with E-state index in [0.717, 1.165) is 49.8 Å². The summed E-state index contributed by atoms with van der Waals surface area (Å²) in [6.07, 6.45) is 9.33. The maximum absolute atomic E-state index is 12.0. The molecule has 0 unspecified atom stereocenters. The van der Waals surface area contributed by atoms with E-state index in [-0.39, 0.29) is 5.97 Å². The van der Waals surface area contributed by atoms with E-state index in [1.54, 1.807) is 54.6 Å². The van der Waals surface area contributed by atoms with Crippen LogP contribution in [-0.4, -0.2) is 25.2 Å². The largest absolute Gasteiger partial charge is 0.494 e. The smallest absolute Gasteiger partial charge is 0.338 e. The lowest BCUT2D eigenvalue weighted by atomic mass is 10.1. The van der Waals surface area contributed by atoms with Gasteiger partial charge in [-0.15, -0.1) is 0 Å². The Labute approximate surface area is 185 Å². The zero-order valence-corrected chi connectivity index (χ0v) is 18.5. The van der Waals surface area contributed by atoms with Crippen LogP contribution in [0.5, 0.6) is 11.5 Å². The summed E-state index contributed by atoms with van der Waals surface area (Å²) in [4.78, 5) is 24.0. The SMILES string of the molecule is CCCCCOC(=O)c1ccc(C=CC(=O)Oc2ccc(OCCCCC)cc2)cc1. The van der Waals surface area contributed by atoms with E-state index < -0.39 is 5.97 Å². The minimum absolute atomic E-state index is 0.330. The van der Waals surface area contributed by atoms with Crippen molar-refractivity contribution in [3.63, 3.8) is 0 Å². The zero-order chi connectivity index (χ0) is 22.3. The topological polar surface area (TPSA) is 61.8 Å². The Morgan fingerprint density at radius 2 is 1.39 bits per heavy atom. The van der Waals surface area contributed by atoms with Crippen molar-refractivity contribution < 1.29 is 23.8 Å². The van der Waals surface area contributed by atoms with Crippen molar-refractivity contribution in [2.24, 2.45) is 0 Å². The summed E-state index contributed by atoms with van der Waals surface area (Å²) >= 11 is 0. The quantitative estimate of drug-likeness (QED) is 0.165. The fraction of sp³-hybridized carbons (Fsp3) is 0.385. The molecule has 5 nitrogen and oxygen atoms in total. The Bertz CT molecular complexity index is 822. The Morgan fingerprint density at radius 1 is 0.774 bits per heavy atom. The number of esters is 2. The Hall–Kier alpha value is -3.08. The molecule has 0 heterocycles. The molecule has 0 aliphatic heterocycles. The fourth-order valence-corrected chi connectivity index (χ4v) is 2.79. The van der Waals surface area contributed by atoms with Gasteiger partial charge in [0.15, 0.2) is 0 Å². The molecule has 0 radical (unpaired) electrons. The lowest BCUT2D eigenvalue weighted by Gasteiger charge is -2.06. The van der Waals surface area contributed by atoms with Crippen LogP contribution in [0.2, 0.25) is 0 Å². The minimum Gasteiger partial charge on any atom is -0.494 e. The number of hydrogen-bond donors (Lipinski definition) is 0. The van der Waals surface area contributed by atoms with Crippen LogP contribution < -0.4 is 9.47 Å². The molecule has 0 aromatic heterocycles. The molecule has 2 aromatic rings. The highest BCUT2D eigenvalue weighted by Gasteiger charge is 2.06. The van der Waals surface area contributed by atoms with Gasteiger partial charge in [-0.1, -0.05) is 51.7 Å². The number of carbonyl (C=O) groups is 2. The van der Waals surface area contributed by atoms with E-state index in [0.29, 0.717) is 24.5 Å². The second-order valence-electron chi connectivity index (χ2n) is 7.25. The van der Waals surface area contributed by atoms with Crippen LogP contribution in [0.3, 0.4) is 0 Å². The molecule has 0 saturated heterocycles. The highest BCUT2D eigenvalue weighted by Crippen LogP contribution is 2.18. The lowest BCUT2D eigenvalue weighted by molar-refractivity contribution is -0.128. The monoisotopic (exact) mass is 424 g/mol. The van der Waals surface area contributed by atoms with Crippen LogP contribution in [0.25, 0.3) is 6.08 Å². The molecule has 0 aliphatic carbocycles. The first kappa shape index (κ1) is 24.2. The number of ether oxygens (including phenoxy) is 3. The molecule has 0 amide bonds. The van der Waals surface area contributed by atoms with Gasteiger partial charge in [-0.3, -0.25) is 0 Å². The zero-order valence-electron chi connectivity index (χ0n) is 18.5. The highest BCUT2D eigenvalue weighted by atomic mass is 16.5. The van der Waals surface area contributed by atoms with E-state index in [1.165, 1.54) is 6.08 Å². The van der Waals surface area contributed by atoms with Gasteiger partial charge in [0.25, 0.3) is 0 Å². The van der Waals surface area contributed by atoms with Crippen LogP contribution in [-0.2, 0) is 9.53 Å². The van der Waals surface area contributed by atoms with Gasteiger partial charge in [-0.05, 0) is 60.9 Å². The van der Waals surface area contributed by atoms with Crippen molar-refractivity contribution in [2.75, 3.05) is 13.2 Å². The first-order valence-electron chi connectivity index (χ1n) is 11.0. The van der Waals surface area contributed by atoms with Crippen molar-refractivity contribution >= 4 is 18.0 Å². The molecular formula is C26H32O5. The molecule has 2 rings (SSSR count). The van der Waals surface area contributed by atoms with Crippen LogP contribution in [0.4, 0.5) is 0 Å². The van der Waals surface area contributed by atoms with Crippen LogP contribution in [0.15, 0.2) is 54.6 Å². The molecule has 2 aromatic carbocycles. The minimum atomic E-state index is -0.476. The summed E-state index contributed by atoms with van der Waals surface area (Å²) in [5, 5.41) is 0. The predicted octanol–water partition coefficient (Wildman–Crippen LogP) is 6.22. The highest BCUT2D eigenvalue weighted by molar-refractivity contribution is 5.91. The van der Waals surface area contributed by atoms with Crippen LogP contribution in [0, 0.1) is 0 Å². The van der Waals surface area contributed by atoms with Gasteiger partial charge in [0, 0.05) is 6.08 Å². The second kappa shape index (κ2) is 14.0. The maximum Gasteiger partial charge on any atom is 0.338 e. The molecule has 0 atom stereocenters. The molecule has 31 heavy (non-hydrogen) atoms. The fourth-order valence-electron chi connectivity index (χ4n) is 2.79. The Kier molecular flexibility index (Phi) is 10.9. The molecule has 5 heteroatoms. The normalized spacial score (nSPS) is 10.8. The van der Waals surface area contributed by atoms with Crippen molar-refractivity contribution in [2.45, 2.75) is 52.4 Å². The van der Waals surface area contributed by atoms with E-state index >= 15 is 0 Å². The van der Waals surface area contributed by atoms with Gasteiger partial charge in [-0.25, -0.2) is 9.59 Å². The molecule has 0 bridgehead atoms. The average molecular weight is 425 g/mol. The molecule has 0 N–H and O–H groups in total. The number of rotatable bonds is 13. The van der Waals surface area contributed by atoms with Crippen molar-refractivity contribution in [3.8, 4) is 11.5 Å². The first-order chi connectivity index (χ1) is 15.1. The standard InChI is InChI=1S/C26H32O5/c1-3-5-7-19-29-23-14-16-24(17-15-23)31-25(27)18-11-21-9-12-22(13-10-21)26(28)30-20-8-6-4-2/h9-18H,3-8,19-20H2,1-2H3. The van der Waals surface area contributed by atoms with E-state index in [2.05, 4.69) is 13.8 Å². The predicted molar refractivity (Wildman–Crippen MR) is 122 cm³/mol. The molecule has 166 valence electrons. The second-order valence-corrected chi connectivity index (χ2v) is 7.25. The summed E-state index contributed by atoms with van der Waals surface area (Å²) < 4.78 is 16.2. The van der Waals surface area contributed by atoms with Crippen molar-refractivity contribution in [1.29, 1.82) is 0 Å². The third-order valence-electron chi connectivity index (χ3n) is 4.60. The van der Waals surface area contributed by atoms with Gasteiger partial charge in [0.1, 0.15) is 11.5 Å². The molecule has 0 saturated carbocycles. The summed E-state index contributed by atoms with van der Waals surface area (Å²) in [6, 6.07) is 13.9. The molecule has 0 spiro atoms. The lowest BCUT2D eigenvalue weighted by Crippen LogP contribution is -2.06.